The smallest absolute Gasteiger partial charge is 0.329 e. The van der Waals surface area contributed by atoms with E-state index in [9.17, 15) is 10.1 Å². The van der Waals surface area contributed by atoms with Crippen LogP contribution in [-0.4, -0.2) is 135 Å². The average molecular weight is 905 g/mol. The topological polar surface area (TPSA) is 224 Å². The van der Waals surface area contributed by atoms with Gasteiger partial charge in [-0.1, -0.05) is 0 Å². The normalized spacial score (nSPS) is 14.9. The highest BCUT2D eigenvalue weighted by Gasteiger charge is 2.22. The summed E-state index contributed by atoms with van der Waals surface area (Å²) in [5.41, 5.74) is 10.0. The zero-order chi connectivity index (χ0) is 46.3. The number of nitrogen functional groups attached to an aromatic ring is 1. The summed E-state index contributed by atoms with van der Waals surface area (Å²) in [7, 11) is 7.56. The van der Waals surface area contributed by atoms with Crippen molar-refractivity contribution in [2.24, 2.45) is 0 Å². The predicted molar refractivity (Wildman–Crippen MR) is 251 cm³/mol. The Morgan fingerprint density at radius 3 is 1.55 bits per heavy atom. The lowest BCUT2D eigenvalue weighted by molar-refractivity contribution is -0.384. The minimum atomic E-state index is -0.494. The molecular formula is C46H60N14O6. The molecule has 4 aromatic heterocycles. The van der Waals surface area contributed by atoms with Gasteiger partial charge in [0.25, 0.3) is 0 Å². The summed E-state index contributed by atoms with van der Waals surface area (Å²) >= 11 is 0. The van der Waals surface area contributed by atoms with Crippen molar-refractivity contribution < 1.29 is 23.9 Å². The zero-order valence-corrected chi connectivity index (χ0v) is 38.1. The van der Waals surface area contributed by atoms with Gasteiger partial charge < -0.3 is 45.1 Å². The third-order valence-corrected chi connectivity index (χ3v) is 11.4. The first-order valence-corrected chi connectivity index (χ1v) is 22.1. The van der Waals surface area contributed by atoms with E-state index in [2.05, 4.69) is 75.5 Å². The van der Waals surface area contributed by atoms with E-state index in [0.29, 0.717) is 85.9 Å². The van der Waals surface area contributed by atoms with Crippen molar-refractivity contribution in [1.29, 1.82) is 0 Å². The first-order chi connectivity index (χ1) is 32.1. The molecule has 66 heavy (non-hydrogen) atoms. The van der Waals surface area contributed by atoms with Gasteiger partial charge in [0.2, 0.25) is 5.82 Å². The third-order valence-electron chi connectivity index (χ3n) is 11.4. The molecule has 0 aliphatic carbocycles. The van der Waals surface area contributed by atoms with Gasteiger partial charge in [-0.05, 0) is 126 Å². The monoisotopic (exact) mass is 904 g/mol. The summed E-state index contributed by atoms with van der Waals surface area (Å²) in [6, 6.07) is 15.6. The van der Waals surface area contributed by atoms with Crippen molar-refractivity contribution in [3.05, 3.63) is 119 Å². The molecule has 0 amide bonds. The van der Waals surface area contributed by atoms with Crippen LogP contribution >= 0.6 is 0 Å². The van der Waals surface area contributed by atoms with Crippen LogP contribution < -0.4 is 25.8 Å². The molecule has 8 rings (SSSR count). The number of nitro groups is 1. The number of methoxy groups -OCH3 is 2. The van der Waals surface area contributed by atoms with Crippen molar-refractivity contribution >= 4 is 34.4 Å². The second-order valence-electron chi connectivity index (χ2n) is 16.4. The zero-order valence-electron chi connectivity index (χ0n) is 38.1. The Labute approximate surface area is 384 Å². The molecule has 0 spiro atoms. The largest absolute Gasteiger partial charge is 0.491 e. The third kappa shape index (κ3) is 13.6. The molecule has 2 aliphatic heterocycles. The first-order valence-electron chi connectivity index (χ1n) is 22.1. The predicted octanol–water partition coefficient (Wildman–Crippen LogP) is 6.09. The average Bonchev–Trinajstić information content (AvgIpc) is 4.00. The summed E-state index contributed by atoms with van der Waals surface area (Å²) in [5.74, 6) is 3.38. The van der Waals surface area contributed by atoms with E-state index in [1.807, 2.05) is 47.5 Å². The molecule has 0 radical (unpaired) electrons. The van der Waals surface area contributed by atoms with Crippen LogP contribution in [0.25, 0.3) is 0 Å². The number of ether oxygens (including phenoxy) is 4. The van der Waals surface area contributed by atoms with Crippen LogP contribution in [0.3, 0.4) is 0 Å². The highest BCUT2D eigenvalue weighted by molar-refractivity contribution is 5.68. The van der Waals surface area contributed by atoms with Crippen LogP contribution in [0.5, 0.6) is 11.5 Å². The molecule has 0 saturated carbocycles. The lowest BCUT2D eigenvalue weighted by atomic mass is 10.1. The van der Waals surface area contributed by atoms with Crippen molar-refractivity contribution in [3.63, 3.8) is 0 Å². The Bertz CT molecular complexity index is 2430. The minimum absolute atomic E-state index is 0.144. The number of hydrogen-bond donors (Lipinski definition) is 3. The van der Waals surface area contributed by atoms with Gasteiger partial charge in [-0.3, -0.25) is 19.5 Å². The molecule has 2 aromatic carbocycles. The number of nitrogens with one attached hydrogen (secondary N) is 2. The lowest BCUT2D eigenvalue weighted by Crippen LogP contribution is -2.31. The fourth-order valence-electron chi connectivity index (χ4n) is 7.58. The number of nitrogens with two attached hydrogens (primary N) is 1. The van der Waals surface area contributed by atoms with Gasteiger partial charge >= 0.3 is 5.69 Å². The lowest BCUT2D eigenvalue weighted by Gasteiger charge is -2.28. The van der Waals surface area contributed by atoms with Crippen LogP contribution in [0, 0.1) is 10.1 Å². The number of rotatable bonds is 19. The molecule has 0 atom stereocenters. The molecule has 2 fully saturated rings. The van der Waals surface area contributed by atoms with Gasteiger partial charge in [0.1, 0.15) is 42.6 Å². The number of nitrogens with zero attached hydrogens (tertiary/aromatic N) is 11. The summed E-state index contributed by atoms with van der Waals surface area (Å²) < 4.78 is 25.2. The summed E-state index contributed by atoms with van der Waals surface area (Å²) in [6.07, 6.45) is 16.2. The number of piperidine rings is 2. The molecule has 0 bridgehead atoms. The number of aromatic nitrogens is 8. The second-order valence-corrected chi connectivity index (χ2v) is 16.4. The van der Waals surface area contributed by atoms with E-state index in [4.69, 9.17) is 24.7 Å². The van der Waals surface area contributed by atoms with Crippen LogP contribution in [0.2, 0.25) is 0 Å². The van der Waals surface area contributed by atoms with E-state index >= 15 is 0 Å². The molecule has 2 aliphatic rings. The Hall–Kier alpha value is -6.74. The maximum Gasteiger partial charge on any atom is 0.329 e. The van der Waals surface area contributed by atoms with E-state index in [1.165, 1.54) is 6.20 Å². The van der Waals surface area contributed by atoms with Crippen LogP contribution in [0.1, 0.15) is 60.5 Å². The molecule has 2 saturated heterocycles. The van der Waals surface area contributed by atoms with Crippen molar-refractivity contribution in [2.45, 2.75) is 50.6 Å². The molecule has 0 unspecified atom stereocenters. The number of hydrogen-bond acceptors (Lipinski definition) is 17. The maximum atomic E-state index is 11.5. The summed E-state index contributed by atoms with van der Waals surface area (Å²) in [4.78, 5) is 33.4. The Morgan fingerprint density at radius 1 is 0.652 bits per heavy atom. The molecular weight excluding hydrogens is 845 g/mol. The van der Waals surface area contributed by atoms with Crippen LogP contribution in [0.4, 0.5) is 34.4 Å². The van der Waals surface area contributed by atoms with Crippen molar-refractivity contribution in [3.8, 4) is 11.5 Å². The van der Waals surface area contributed by atoms with Gasteiger partial charge in [0, 0.05) is 50.8 Å². The Balaban J connectivity index is 0.000000197. The molecule has 6 aromatic rings. The highest BCUT2D eigenvalue weighted by atomic mass is 16.6. The van der Waals surface area contributed by atoms with Gasteiger partial charge in [-0.2, -0.15) is 10.2 Å². The van der Waals surface area contributed by atoms with Crippen LogP contribution in [0.15, 0.2) is 85.7 Å². The van der Waals surface area contributed by atoms with Gasteiger partial charge in [0.05, 0.1) is 54.5 Å². The molecule has 4 N–H and O–H groups in total. The van der Waals surface area contributed by atoms with E-state index < -0.39 is 4.92 Å². The summed E-state index contributed by atoms with van der Waals surface area (Å²) in [6.45, 7) is 6.33. The number of anilines is 5. The second kappa shape index (κ2) is 23.4. The first kappa shape index (κ1) is 47.2. The molecule has 6 heterocycles. The number of benzene rings is 2. The Morgan fingerprint density at radius 2 is 1.09 bits per heavy atom. The van der Waals surface area contributed by atoms with E-state index in [-0.39, 0.29) is 11.5 Å². The van der Waals surface area contributed by atoms with Crippen LogP contribution in [-0.2, 0) is 22.3 Å². The van der Waals surface area contributed by atoms with E-state index in [1.54, 1.807) is 44.7 Å². The van der Waals surface area contributed by atoms with Gasteiger partial charge in [-0.25, -0.2) is 19.9 Å². The minimum Gasteiger partial charge on any atom is -0.491 e. The SMILES string of the molecule is COCCOc1ccc(Nc2nc(Cc3cnn(C4CCN(C)CC4)c3)ncc2N)cc1.COCCOc1ccc(Nc2nc(Cc3cnn(C4CCN(C)CC4)c3)ncc2[N+](=O)[O-])cc1. The quantitative estimate of drug-likeness (QED) is 0.0475. The highest BCUT2D eigenvalue weighted by Crippen LogP contribution is 2.28. The van der Waals surface area contributed by atoms with Crippen molar-refractivity contribution in [2.75, 3.05) is 97.3 Å². The van der Waals surface area contributed by atoms with E-state index in [0.717, 1.165) is 74.4 Å². The maximum absolute atomic E-state index is 11.5. The molecule has 350 valence electrons. The van der Waals surface area contributed by atoms with Gasteiger partial charge in [-0.15, -0.1) is 0 Å². The standard InChI is InChI=1S/C23H29N7O4.C23H31N7O2/c1-28-9-7-19(8-10-28)29-16-17(14-25-29)13-22-24-15-21(30(31)32)23(27-22)26-18-3-5-20(6-4-18)34-12-11-33-2;1-29-9-7-19(8-10-29)30-16-17(14-26-30)13-22-25-15-21(24)23(28-22)27-18-3-5-20(6-4-18)32-12-11-31-2/h3-6,14-16,19H,7-13H2,1-2H3,(H,24,26,27);3-6,14-16,19H,7-13,24H2,1-2H3,(H,25,27,28). The molecule has 20 nitrogen and oxygen atoms in total. The Kier molecular flexibility index (Phi) is 16.8. The molecule has 20 heteroatoms. The van der Waals surface area contributed by atoms with Gasteiger partial charge in [0.15, 0.2) is 5.82 Å². The fraction of sp³-hybridized carbons (Fsp3) is 0.435. The van der Waals surface area contributed by atoms with Crippen molar-refractivity contribution in [1.82, 2.24) is 49.3 Å². The fourth-order valence-corrected chi connectivity index (χ4v) is 7.58. The summed E-state index contributed by atoms with van der Waals surface area (Å²) in [5, 5.41) is 26.9. The number of likely N-dealkylation sites (tertiary alicyclic amines) is 2.